The van der Waals surface area contributed by atoms with Crippen molar-refractivity contribution >= 4 is 11.8 Å². The molecule has 20 heavy (non-hydrogen) atoms. The molecule has 1 aromatic carbocycles. The second-order valence-corrected chi connectivity index (χ2v) is 5.94. The maximum atomic E-state index is 9.48. The van der Waals surface area contributed by atoms with Crippen LogP contribution in [0.3, 0.4) is 0 Å². The fourth-order valence-electron chi connectivity index (χ4n) is 1.93. The van der Waals surface area contributed by atoms with Gasteiger partial charge in [-0.05, 0) is 36.8 Å². The summed E-state index contributed by atoms with van der Waals surface area (Å²) in [5.41, 5.74) is 1.09. The zero-order chi connectivity index (χ0) is 14.8. The predicted molar refractivity (Wildman–Crippen MR) is 82.3 cm³/mol. The molecule has 0 aliphatic carbocycles. The lowest BCUT2D eigenvalue weighted by Gasteiger charge is -2.29. The lowest BCUT2D eigenvalue weighted by atomic mass is 10.0. The Morgan fingerprint density at radius 3 is 2.35 bits per heavy atom. The van der Waals surface area contributed by atoms with E-state index >= 15 is 0 Å². The number of hydrogen-bond donors (Lipinski definition) is 2. The van der Waals surface area contributed by atoms with E-state index in [1.54, 1.807) is 18.9 Å². The van der Waals surface area contributed by atoms with Gasteiger partial charge in [-0.2, -0.15) is 11.8 Å². The molecule has 0 saturated carbocycles. The minimum absolute atomic E-state index is 0.0562. The van der Waals surface area contributed by atoms with Crippen molar-refractivity contribution in [2.45, 2.75) is 24.2 Å². The Kier molecular flexibility index (Phi) is 7.99. The van der Waals surface area contributed by atoms with Crippen molar-refractivity contribution in [2.75, 3.05) is 33.2 Å². The fourth-order valence-corrected chi connectivity index (χ4v) is 2.64. The molecule has 1 rings (SSSR count). The molecule has 5 heteroatoms. The summed E-state index contributed by atoms with van der Waals surface area (Å²) in [5, 5.41) is 18.6. The normalized spacial score (nSPS) is 14.0. The number of aliphatic hydroxyl groups is 2. The van der Waals surface area contributed by atoms with E-state index in [4.69, 9.17) is 14.6 Å². The van der Waals surface area contributed by atoms with Gasteiger partial charge in [0.15, 0.2) is 0 Å². The van der Waals surface area contributed by atoms with Gasteiger partial charge >= 0.3 is 0 Å². The highest BCUT2D eigenvalue weighted by molar-refractivity contribution is 8.00. The highest BCUT2D eigenvalue weighted by Crippen LogP contribution is 2.30. The van der Waals surface area contributed by atoms with Crippen LogP contribution in [0, 0.1) is 0 Å². The van der Waals surface area contributed by atoms with Crippen molar-refractivity contribution < 1.29 is 19.7 Å². The van der Waals surface area contributed by atoms with Crippen LogP contribution in [0.4, 0.5) is 0 Å². The van der Waals surface area contributed by atoms with Crippen LogP contribution in [-0.2, 0) is 11.3 Å². The van der Waals surface area contributed by atoms with Gasteiger partial charge in [0, 0.05) is 18.0 Å². The highest BCUT2D eigenvalue weighted by Gasteiger charge is 2.27. The Hall–Kier alpha value is -0.750. The number of aliphatic hydroxyl groups excluding tert-OH is 2. The van der Waals surface area contributed by atoms with Gasteiger partial charge in [-0.15, -0.1) is 0 Å². The van der Waals surface area contributed by atoms with Crippen LogP contribution >= 0.6 is 11.8 Å². The van der Waals surface area contributed by atoms with E-state index in [1.807, 2.05) is 30.5 Å². The van der Waals surface area contributed by atoms with Gasteiger partial charge in [-0.25, -0.2) is 0 Å². The second-order valence-electron chi connectivity index (χ2n) is 4.67. The molecule has 4 nitrogen and oxygen atoms in total. The molecule has 1 atom stereocenters. The highest BCUT2D eigenvalue weighted by atomic mass is 32.2. The van der Waals surface area contributed by atoms with Crippen molar-refractivity contribution in [3.05, 3.63) is 29.8 Å². The first kappa shape index (κ1) is 17.3. The Morgan fingerprint density at radius 1 is 1.15 bits per heavy atom. The summed E-state index contributed by atoms with van der Waals surface area (Å²) < 4.78 is 10.5. The van der Waals surface area contributed by atoms with E-state index in [-0.39, 0.29) is 18.0 Å². The molecule has 0 heterocycles. The van der Waals surface area contributed by atoms with Gasteiger partial charge in [-0.3, -0.25) is 0 Å². The van der Waals surface area contributed by atoms with Crippen LogP contribution in [-0.4, -0.2) is 48.1 Å². The number of methoxy groups -OCH3 is 1. The van der Waals surface area contributed by atoms with Crippen LogP contribution in [0.25, 0.3) is 0 Å². The van der Waals surface area contributed by atoms with E-state index < -0.39 is 0 Å². The first-order chi connectivity index (χ1) is 9.69. The Morgan fingerprint density at radius 2 is 1.85 bits per heavy atom. The minimum atomic E-state index is -0.297. The van der Waals surface area contributed by atoms with Crippen molar-refractivity contribution in [2.24, 2.45) is 0 Å². The van der Waals surface area contributed by atoms with Crippen molar-refractivity contribution in [1.29, 1.82) is 0 Å². The Labute approximate surface area is 125 Å². The third kappa shape index (κ3) is 5.32. The fraction of sp³-hybridized carbons (Fsp3) is 0.600. The topological polar surface area (TPSA) is 58.9 Å². The average molecular weight is 300 g/mol. The van der Waals surface area contributed by atoms with Crippen molar-refractivity contribution in [3.8, 4) is 5.75 Å². The molecule has 1 aromatic rings. The van der Waals surface area contributed by atoms with Crippen molar-refractivity contribution in [3.63, 3.8) is 0 Å². The molecule has 0 aliphatic heterocycles. The summed E-state index contributed by atoms with van der Waals surface area (Å²) in [6.45, 7) is 1.24. The van der Waals surface area contributed by atoms with E-state index in [0.29, 0.717) is 19.6 Å². The van der Waals surface area contributed by atoms with Gasteiger partial charge in [0.05, 0.1) is 20.3 Å². The number of hydrogen-bond acceptors (Lipinski definition) is 5. The van der Waals surface area contributed by atoms with Crippen LogP contribution < -0.4 is 4.74 Å². The van der Waals surface area contributed by atoms with Gasteiger partial charge in [0.25, 0.3) is 0 Å². The zero-order valence-electron chi connectivity index (χ0n) is 12.2. The van der Waals surface area contributed by atoms with E-state index in [9.17, 15) is 5.11 Å². The smallest absolute Gasteiger partial charge is 0.118 e. The van der Waals surface area contributed by atoms with Gasteiger partial charge in [0.2, 0.25) is 0 Å². The molecule has 2 N–H and O–H groups in total. The Balaban J connectivity index is 2.35. The quantitative estimate of drug-likeness (QED) is 0.648. The first-order valence-corrected chi connectivity index (χ1v) is 7.89. The standard InChI is InChI=1S/C15H24O4S/c1-18-14-5-3-13(4-6-14)11-19-10-8-15(12-17,20-2)7-9-16/h3-6,16-17H,7-12H2,1-2H3/t15-/m1/s1. The molecule has 0 amide bonds. The number of rotatable bonds is 10. The number of ether oxygens (including phenoxy) is 2. The first-order valence-electron chi connectivity index (χ1n) is 6.67. The molecule has 0 aliphatic rings. The summed E-state index contributed by atoms with van der Waals surface area (Å²) in [4.78, 5) is 0. The number of benzene rings is 1. The molecule has 0 bridgehead atoms. The molecule has 0 unspecified atom stereocenters. The molecule has 0 spiro atoms. The van der Waals surface area contributed by atoms with Crippen LogP contribution in [0.1, 0.15) is 18.4 Å². The summed E-state index contributed by atoms with van der Waals surface area (Å²) >= 11 is 1.59. The SMILES string of the molecule is COc1ccc(COCC[C@@](CO)(CCO)SC)cc1. The maximum Gasteiger partial charge on any atom is 0.118 e. The third-order valence-electron chi connectivity index (χ3n) is 3.42. The zero-order valence-corrected chi connectivity index (χ0v) is 13.0. The molecule has 0 radical (unpaired) electrons. The summed E-state index contributed by atoms with van der Waals surface area (Å²) in [5.74, 6) is 0.832. The number of thioether (sulfide) groups is 1. The lowest BCUT2D eigenvalue weighted by molar-refractivity contribution is 0.0966. The van der Waals surface area contributed by atoms with E-state index in [0.717, 1.165) is 17.7 Å². The lowest BCUT2D eigenvalue weighted by Crippen LogP contribution is -2.32. The third-order valence-corrected chi connectivity index (χ3v) is 4.82. The monoisotopic (exact) mass is 300 g/mol. The van der Waals surface area contributed by atoms with Crippen molar-refractivity contribution in [1.82, 2.24) is 0 Å². The molecular weight excluding hydrogens is 276 g/mol. The molecular formula is C15H24O4S. The molecule has 0 saturated heterocycles. The summed E-state index contributed by atoms with van der Waals surface area (Å²) in [6.07, 6.45) is 3.26. The summed E-state index contributed by atoms with van der Waals surface area (Å²) in [7, 11) is 1.64. The molecule has 114 valence electrons. The molecule has 0 fully saturated rings. The average Bonchev–Trinajstić information content (AvgIpc) is 2.51. The van der Waals surface area contributed by atoms with Crippen LogP contribution in [0.2, 0.25) is 0 Å². The Bertz CT molecular complexity index is 363. The molecule has 0 aromatic heterocycles. The van der Waals surface area contributed by atoms with E-state index in [1.165, 1.54) is 0 Å². The van der Waals surface area contributed by atoms with Crippen LogP contribution in [0.5, 0.6) is 5.75 Å². The maximum absolute atomic E-state index is 9.48. The van der Waals surface area contributed by atoms with Gasteiger partial charge < -0.3 is 19.7 Å². The van der Waals surface area contributed by atoms with Gasteiger partial charge in [-0.1, -0.05) is 12.1 Å². The predicted octanol–water partition coefficient (Wildman–Crippen LogP) is 2.08. The van der Waals surface area contributed by atoms with Gasteiger partial charge in [0.1, 0.15) is 5.75 Å². The summed E-state index contributed by atoms with van der Waals surface area (Å²) in [6, 6.07) is 7.76. The largest absolute Gasteiger partial charge is 0.497 e. The van der Waals surface area contributed by atoms with Crippen LogP contribution in [0.15, 0.2) is 24.3 Å². The minimum Gasteiger partial charge on any atom is -0.497 e. The van der Waals surface area contributed by atoms with E-state index in [2.05, 4.69) is 0 Å². The second kappa shape index (κ2) is 9.23.